The van der Waals surface area contributed by atoms with E-state index in [1.165, 1.54) is 43.8 Å². The van der Waals surface area contributed by atoms with Crippen LogP contribution in [0.15, 0.2) is 84.9 Å². The van der Waals surface area contributed by atoms with Gasteiger partial charge in [0.1, 0.15) is 0 Å². The van der Waals surface area contributed by atoms with Crippen LogP contribution >= 0.6 is 0 Å². The lowest BCUT2D eigenvalue weighted by molar-refractivity contribution is 0.869. The number of benzene rings is 4. The number of aromatic nitrogens is 1. The molecule has 0 unspecified atom stereocenters. The second-order valence-corrected chi connectivity index (χ2v) is 7.25. The van der Waals surface area contributed by atoms with Gasteiger partial charge in [-0.05, 0) is 40.5 Å². The van der Waals surface area contributed by atoms with Crippen molar-refractivity contribution < 1.29 is 0 Å². The van der Waals surface area contributed by atoms with Crippen LogP contribution in [0.2, 0.25) is 0 Å². The van der Waals surface area contributed by atoms with Crippen molar-refractivity contribution in [2.75, 3.05) is 0 Å². The van der Waals surface area contributed by atoms with E-state index in [9.17, 15) is 0 Å². The lowest BCUT2D eigenvalue weighted by Gasteiger charge is -2.13. The predicted molar refractivity (Wildman–Crippen MR) is 112 cm³/mol. The van der Waals surface area contributed by atoms with E-state index in [0.717, 1.165) is 0 Å². The van der Waals surface area contributed by atoms with E-state index in [1.54, 1.807) is 0 Å². The first kappa shape index (κ1) is 15.2. The zero-order chi connectivity index (χ0) is 17.7. The molecule has 0 saturated heterocycles. The van der Waals surface area contributed by atoms with Crippen LogP contribution in [0.5, 0.6) is 0 Å². The molecule has 0 aliphatic rings. The minimum absolute atomic E-state index is 0.469. The second kappa shape index (κ2) is 5.74. The van der Waals surface area contributed by atoms with Crippen LogP contribution in [0.25, 0.3) is 38.3 Å². The van der Waals surface area contributed by atoms with Crippen LogP contribution in [0.1, 0.15) is 25.3 Å². The quantitative estimate of drug-likeness (QED) is 0.325. The molecule has 1 nitrogen and oxygen atoms in total. The predicted octanol–water partition coefficient (Wildman–Crippen LogP) is 7.06. The summed E-state index contributed by atoms with van der Waals surface area (Å²) in [6.45, 7) is 4.56. The van der Waals surface area contributed by atoms with Gasteiger partial charge in [0.2, 0.25) is 0 Å². The Balaban J connectivity index is 2.08. The van der Waals surface area contributed by atoms with E-state index in [1.807, 2.05) is 0 Å². The van der Waals surface area contributed by atoms with E-state index in [2.05, 4.69) is 103 Å². The summed E-state index contributed by atoms with van der Waals surface area (Å²) in [5, 5.41) is 5.31. The monoisotopic (exact) mass is 335 g/mol. The van der Waals surface area contributed by atoms with Gasteiger partial charge in [-0.15, -0.1) is 0 Å². The van der Waals surface area contributed by atoms with Gasteiger partial charge in [-0.1, -0.05) is 80.6 Å². The van der Waals surface area contributed by atoms with Crippen molar-refractivity contribution in [3.05, 3.63) is 90.5 Å². The fourth-order valence-electron chi connectivity index (χ4n) is 4.17. The number of hydrogen-bond acceptors (Lipinski definition) is 0. The molecule has 0 fully saturated rings. The average molecular weight is 335 g/mol. The highest BCUT2D eigenvalue weighted by molar-refractivity contribution is 6.21. The molecular formula is C25H21N. The molecule has 0 amide bonds. The molecule has 0 aliphatic heterocycles. The molecule has 1 aromatic heterocycles. The maximum Gasteiger partial charge on any atom is 0.0575 e. The summed E-state index contributed by atoms with van der Waals surface area (Å²) in [6.07, 6.45) is 0. The Morgan fingerprint density at radius 1 is 0.654 bits per heavy atom. The van der Waals surface area contributed by atoms with E-state index in [-0.39, 0.29) is 0 Å². The average Bonchev–Trinajstić information content (AvgIpc) is 3.03. The smallest absolute Gasteiger partial charge is 0.0575 e. The zero-order valence-corrected chi connectivity index (χ0v) is 15.1. The Morgan fingerprint density at radius 2 is 1.38 bits per heavy atom. The Kier molecular flexibility index (Phi) is 3.36. The summed E-state index contributed by atoms with van der Waals surface area (Å²) in [5.41, 5.74) is 5.22. The molecule has 0 saturated carbocycles. The molecule has 26 heavy (non-hydrogen) atoms. The largest absolute Gasteiger partial charge is 0.309 e. The highest BCUT2D eigenvalue weighted by Gasteiger charge is 2.18. The highest BCUT2D eigenvalue weighted by atomic mass is 15.0. The first-order chi connectivity index (χ1) is 12.8. The maximum absolute atomic E-state index is 2.44. The first-order valence-corrected chi connectivity index (χ1v) is 9.26. The van der Waals surface area contributed by atoms with Crippen LogP contribution < -0.4 is 0 Å². The summed E-state index contributed by atoms with van der Waals surface area (Å²) in [4.78, 5) is 0. The number of para-hydroxylation sites is 2. The van der Waals surface area contributed by atoms with E-state index in [4.69, 9.17) is 0 Å². The third kappa shape index (κ3) is 2.10. The molecule has 0 aliphatic carbocycles. The molecule has 5 aromatic rings. The van der Waals surface area contributed by atoms with Gasteiger partial charge in [-0.2, -0.15) is 0 Å². The van der Waals surface area contributed by atoms with Gasteiger partial charge in [0.05, 0.1) is 11.0 Å². The van der Waals surface area contributed by atoms with Crippen molar-refractivity contribution in [2.24, 2.45) is 0 Å². The van der Waals surface area contributed by atoms with Crippen LogP contribution in [-0.4, -0.2) is 4.57 Å². The topological polar surface area (TPSA) is 4.93 Å². The molecule has 0 radical (unpaired) electrons. The fraction of sp³-hybridized carbons (Fsp3) is 0.120. The lowest BCUT2D eigenvalue weighted by atomic mass is 9.98. The van der Waals surface area contributed by atoms with Crippen molar-refractivity contribution in [3.8, 4) is 5.69 Å². The number of fused-ring (bicyclic) bond motifs is 5. The van der Waals surface area contributed by atoms with Gasteiger partial charge in [-0.3, -0.25) is 0 Å². The normalized spacial score (nSPS) is 11.8. The summed E-state index contributed by atoms with van der Waals surface area (Å²) in [6, 6.07) is 30.7. The van der Waals surface area contributed by atoms with Crippen molar-refractivity contribution in [3.63, 3.8) is 0 Å². The van der Waals surface area contributed by atoms with Gasteiger partial charge in [0.25, 0.3) is 0 Å². The van der Waals surface area contributed by atoms with E-state index >= 15 is 0 Å². The molecule has 4 aromatic carbocycles. The maximum atomic E-state index is 2.44. The minimum Gasteiger partial charge on any atom is -0.309 e. The second-order valence-electron chi connectivity index (χ2n) is 7.25. The highest BCUT2D eigenvalue weighted by Crippen LogP contribution is 2.39. The molecule has 0 spiro atoms. The molecule has 1 heterocycles. The number of rotatable bonds is 2. The summed E-state index contributed by atoms with van der Waals surface area (Å²) < 4.78 is 2.44. The van der Waals surface area contributed by atoms with Crippen LogP contribution in [0.3, 0.4) is 0 Å². The van der Waals surface area contributed by atoms with Crippen molar-refractivity contribution >= 4 is 32.6 Å². The Morgan fingerprint density at radius 3 is 2.19 bits per heavy atom. The SMILES string of the molecule is CC(C)c1cccc2c3c4ccccc4ccc3n(-c3ccccc3)c12. The minimum atomic E-state index is 0.469. The third-order valence-electron chi connectivity index (χ3n) is 5.34. The molecule has 0 N–H and O–H groups in total. The fourth-order valence-corrected chi connectivity index (χ4v) is 4.17. The Hall–Kier alpha value is -3.06. The lowest BCUT2D eigenvalue weighted by Crippen LogP contribution is -1.98. The molecular weight excluding hydrogens is 314 g/mol. The number of nitrogens with zero attached hydrogens (tertiary/aromatic N) is 1. The van der Waals surface area contributed by atoms with Crippen molar-refractivity contribution in [1.29, 1.82) is 0 Å². The van der Waals surface area contributed by atoms with Gasteiger partial charge in [0, 0.05) is 16.5 Å². The standard InChI is InChI=1S/C25H21N/c1-17(2)20-13-8-14-22-24-21-12-7-6-9-18(21)15-16-23(24)26(25(20)22)19-10-4-3-5-11-19/h3-17H,1-2H3. The van der Waals surface area contributed by atoms with Crippen molar-refractivity contribution in [1.82, 2.24) is 4.57 Å². The van der Waals surface area contributed by atoms with Gasteiger partial charge in [-0.25, -0.2) is 0 Å². The molecule has 126 valence electrons. The summed E-state index contributed by atoms with van der Waals surface area (Å²) in [7, 11) is 0. The third-order valence-corrected chi connectivity index (χ3v) is 5.34. The van der Waals surface area contributed by atoms with Crippen molar-refractivity contribution in [2.45, 2.75) is 19.8 Å². The van der Waals surface area contributed by atoms with E-state index < -0.39 is 0 Å². The molecule has 0 atom stereocenters. The van der Waals surface area contributed by atoms with Gasteiger partial charge < -0.3 is 4.57 Å². The van der Waals surface area contributed by atoms with Gasteiger partial charge in [0.15, 0.2) is 0 Å². The van der Waals surface area contributed by atoms with Gasteiger partial charge >= 0.3 is 0 Å². The Bertz CT molecular complexity index is 1240. The summed E-state index contributed by atoms with van der Waals surface area (Å²) in [5.74, 6) is 0.469. The van der Waals surface area contributed by atoms with Crippen LogP contribution in [0, 0.1) is 0 Å². The van der Waals surface area contributed by atoms with Crippen LogP contribution in [-0.2, 0) is 0 Å². The zero-order valence-electron chi connectivity index (χ0n) is 15.1. The number of hydrogen-bond donors (Lipinski definition) is 0. The molecule has 1 heteroatoms. The first-order valence-electron chi connectivity index (χ1n) is 9.26. The molecule has 5 rings (SSSR count). The Labute approximate surface area is 153 Å². The summed E-state index contributed by atoms with van der Waals surface area (Å²) >= 11 is 0. The van der Waals surface area contributed by atoms with Crippen LogP contribution in [0.4, 0.5) is 0 Å². The van der Waals surface area contributed by atoms with E-state index in [0.29, 0.717) is 5.92 Å². The molecule has 0 bridgehead atoms.